The van der Waals surface area contributed by atoms with Crippen molar-refractivity contribution in [3.8, 4) is 0 Å². The Labute approximate surface area is 140 Å². The zero-order valence-corrected chi connectivity index (χ0v) is 14.6. The molecule has 1 aromatic carbocycles. The molecule has 2 rings (SSSR count). The van der Waals surface area contributed by atoms with Gasteiger partial charge in [-0.3, -0.25) is 9.59 Å². The highest BCUT2D eigenvalue weighted by Gasteiger charge is 2.34. The van der Waals surface area contributed by atoms with Gasteiger partial charge in [-0.25, -0.2) is 8.42 Å². The van der Waals surface area contributed by atoms with Crippen molar-refractivity contribution >= 4 is 38.9 Å². The number of nitrogens with zero attached hydrogens (tertiary/aromatic N) is 1. The van der Waals surface area contributed by atoms with Crippen LogP contribution in [0.25, 0.3) is 0 Å². The lowest BCUT2D eigenvalue weighted by molar-refractivity contribution is -0.134. The number of anilines is 1. The molecule has 1 saturated heterocycles. The lowest BCUT2D eigenvalue weighted by atomic mass is 10.2. The Morgan fingerprint density at radius 2 is 2.09 bits per heavy atom. The maximum atomic E-state index is 12.2. The van der Waals surface area contributed by atoms with Gasteiger partial charge in [-0.05, 0) is 31.0 Å². The van der Waals surface area contributed by atoms with Crippen molar-refractivity contribution in [1.29, 1.82) is 0 Å². The summed E-state index contributed by atoms with van der Waals surface area (Å²) in [6, 6.07) is 4.72. The Hall–Kier alpha value is -1.60. The summed E-state index contributed by atoms with van der Waals surface area (Å²) in [5.41, 5.74) is 1.31. The van der Waals surface area contributed by atoms with Crippen LogP contribution in [0.4, 0.5) is 5.69 Å². The molecule has 1 aromatic rings. The van der Waals surface area contributed by atoms with Gasteiger partial charge in [0.25, 0.3) is 0 Å². The number of amides is 2. The highest BCUT2D eigenvalue weighted by molar-refractivity contribution is 7.91. The van der Waals surface area contributed by atoms with Gasteiger partial charge in [0.1, 0.15) is 6.54 Å². The Kier molecular flexibility index (Phi) is 5.31. The smallest absolute Gasteiger partial charge is 0.244 e. The molecule has 0 spiro atoms. The van der Waals surface area contributed by atoms with Crippen LogP contribution in [0.1, 0.15) is 18.9 Å². The minimum Gasteiger partial charge on any atom is -0.330 e. The fourth-order valence-corrected chi connectivity index (χ4v) is 4.51. The van der Waals surface area contributed by atoms with Crippen LogP contribution in [0.3, 0.4) is 0 Å². The largest absolute Gasteiger partial charge is 0.330 e. The Morgan fingerprint density at radius 1 is 1.39 bits per heavy atom. The number of nitrogens with one attached hydrogen (secondary N) is 1. The van der Waals surface area contributed by atoms with Crippen molar-refractivity contribution < 1.29 is 18.0 Å². The summed E-state index contributed by atoms with van der Waals surface area (Å²) in [7, 11) is -3.12. The summed E-state index contributed by atoms with van der Waals surface area (Å²) in [5.74, 6) is -0.730. The molecule has 1 aliphatic rings. The molecule has 0 bridgehead atoms. The summed E-state index contributed by atoms with van der Waals surface area (Å²) in [4.78, 5) is 25.3. The predicted octanol–water partition coefficient (Wildman–Crippen LogP) is 1.62. The van der Waals surface area contributed by atoms with E-state index in [2.05, 4.69) is 5.32 Å². The van der Waals surface area contributed by atoms with Gasteiger partial charge >= 0.3 is 0 Å². The van der Waals surface area contributed by atoms with E-state index in [0.29, 0.717) is 17.1 Å². The lowest BCUT2D eigenvalue weighted by Crippen LogP contribution is -2.44. The number of carbonyl (C=O) groups excluding carboxylic acids is 2. The van der Waals surface area contributed by atoms with Crippen LogP contribution in [-0.2, 0) is 19.4 Å². The summed E-state index contributed by atoms with van der Waals surface area (Å²) in [6.45, 7) is 2.94. The minimum atomic E-state index is -3.12. The molecule has 8 heteroatoms. The fraction of sp³-hybridized carbons (Fsp3) is 0.467. The van der Waals surface area contributed by atoms with Crippen molar-refractivity contribution in [3.05, 3.63) is 28.8 Å². The third kappa shape index (κ3) is 4.45. The van der Waals surface area contributed by atoms with Crippen LogP contribution in [0.5, 0.6) is 0 Å². The van der Waals surface area contributed by atoms with E-state index in [1.54, 1.807) is 25.1 Å². The summed E-state index contributed by atoms with van der Waals surface area (Å²) < 4.78 is 23.1. The fourth-order valence-electron chi connectivity index (χ4n) is 2.61. The zero-order valence-electron chi connectivity index (χ0n) is 13.0. The molecule has 23 heavy (non-hydrogen) atoms. The standard InChI is InChI=1S/C15H19ClN2O4S/c1-10-13(16)4-3-5-14(10)17-15(20)8-18(11(2)19)12-6-7-23(21,22)9-12/h3-5,12H,6-9H2,1-2H3,(H,17,20). The number of sulfone groups is 1. The second kappa shape index (κ2) is 6.88. The first-order valence-corrected chi connectivity index (χ1v) is 9.42. The molecule has 2 amide bonds. The summed E-state index contributed by atoms with van der Waals surface area (Å²) in [5, 5.41) is 3.25. The maximum absolute atomic E-state index is 12.2. The molecule has 1 aliphatic heterocycles. The Balaban J connectivity index is 2.07. The molecule has 0 aromatic heterocycles. The molecule has 1 fully saturated rings. The topological polar surface area (TPSA) is 83.6 Å². The molecule has 1 heterocycles. The first-order chi connectivity index (χ1) is 10.7. The summed E-state index contributed by atoms with van der Waals surface area (Å²) in [6.07, 6.45) is 0.366. The van der Waals surface area contributed by atoms with Gasteiger partial charge in [-0.15, -0.1) is 0 Å². The van der Waals surface area contributed by atoms with Crippen molar-refractivity contribution in [2.24, 2.45) is 0 Å². The van der Waals surface area contributed by atoms with E-state index < -0.39 is 15.9 Å². The third-order valence-corrected chi connectivity index (χ3v) is 6.07. The number of benzene rings is 1. The van der Waals surface area contributed by atoms with Crippen molar-refractivity contribution in [3.63, 3.8) is 0 Å². The first-order valence-electron chi connectivity index (χ1n) is 7.22. The van der Waals surface area contributed by atoms with Crippen LogP contribution in [0.2, 0.25) is 5.02 Å². The van der Waals surface area contributed by atoms with Crippen LogP contribution < -0.4 is 5.32 Å². The average molecular weight is 359 g/mol. The van der Waals surface area contributed by atoms with E-state index in [4.69, 9.17) is 11.6 Å². The van der Waals surface area contributed by atoms with E-state index in [9.17, 15) is 18.0 Å². The molecule has 6 nitrogen and oxygen atoms in total. The monoisotopic (exact) mass is 358 g/mol. The molecular formula is C15H19ClN2O4S. The van der Waals surface area contributed by atoms with E-state index >= 15 is 0 Å². The molecule has 0 saturated carbocycles. The molecule has 1 N–H and O–H groups in total. The normalized spacial score (nSPS) is 19.3. The van der Waals surface area contributed by atoms with Crippen LogP contribution in [-0.4, -0.2) is 49.2 Å². The van der Waals surface area contributed by atoms with Gasteiger partial charge in [0.2, 0.25) is 11.8 Å². The Bertz CT molecular complexity index is 733. The van der Waals surface area contributed by atoms with Crippen molar-refractivity contribution in [1.82, 2.24) is 4.90 Å². The first kappa shape index (κ1) is 17.7. The molecular weight excluding hydrogens is 340 g/mol. The minimum absolute atomic E-state index is 0.0521. The van der Waals surface area contributed by atoms with Crippen LogP contribution in [0, 0.1) is 6.92 Å². The number of hydrogen-bond donors (Lipinski definition) is 1. The molecule has 0 radical (unpaired) electrons. The number of rotatable bonds is 4. The number of halogens is 1. The Morgan fingerprint density at radius 3 is 2.65 bits per heavy atom. The van der Waals surface area contributed by atoms with Crippen molar-refractivity contribution in [2.45, 2.75) is 26.3 Å². The average Bonchev–Trinajstić information content (AvgIpc) is 2.81. The van der Waals surface area contributed by atoms with Gasteiger partial charge < -0.3 is 10.2 Å². The predicted molar refractivity (Wildman–Crippen MR) is 89.3 cm³/mol. The number of carbonyl (C=O) groups is 2. The quantitative estimate of drug-likeness (QED) is 0.886. The van der Waals surface area contributed by atoms with Crippen LogP contribution in [0.15, 0.2) is 18.2 Å². The van der Waals surface area contributed by atoms with Gasteiger partial charge in [0.05, 0.1) is 11.5 Å². The highest BCUT2D eigenvalue weighted by Crippen LogP contribution is 2.23. The van der Waals surface area contributed by atoms with E-state index in [-0.39, 0.29) is 29.9 Å². The highest BCUT2D eigenvalue weighted by atomic mass is 35.5. The second-order valence-corrected chi connectivity index (χ2v) is 8.30. The van der Waals surface area contributed by atoms with E-state index in [1.165, 1.54) is 11.8 Å². The maximum Gasteiger partial charge on any atom is 0.244 e. The summed E-state index contributed by atoms with van der Waals surface area (Å²) >= 11 is 6.01. The SMILES string of the molecule is CC(=O)N(CC(=O)Nc1cccc(Cl)c1C)C1CCS(=O)(=O)C1. The number of hydrogen-bond acceptors (Lipinski definition) is 4. The molecule has 126 valence electrons. The second-order valence-electron chi connectivity index (χ2n) is 5.66. The van der Waals surface area contributed by atoms with Gasteiger partial charge in [0, 0.05) is 23.7 Å². The van der Waals surface area contributed by atoms with Gasteiger partial charge in [-0.2, -0.15) is 0 Å². The van der Waals surface area contributed by atoms with Gasteiger partial charge in [-0.1, -0.05) is 17.7 Å². The third-order valence-electron chi connectivity index (χ3n) is 3.91. The van der Waals surface area contributed by atoms with E-state index in [0.717, 1.165) is 5.56 Å². The zero-order chi connectivity index (χ0) is 17.2. The van der Waals surface area contributed by atoms with E-state index in [1.807, 2.05) is 0 Å². The molecule has 0 aliphatic carbocycles. The van der Waals surface area contributed by atoms with Crippen molar-refractivity contribution in [2.75, 3.05) is 23.4 Å². The van der Waals surface area contributed by atoms with Crippen LogP contribution >= 0.6 is 11.6 Å². The molecule has 1 atom stereocenters. The van der Waals surface area contributed by atoms with Gasteiger partial charge in [0.15, 0.2) is 9.84 Å². The molecule has 1 unspecified atom stereocenters. The lowest BCUT2D eigenvalue weighted by Gasteiger charge is -2.26.